The lowest BCUT2D eigenvalue weighted by Crippen LogP contribution is -2.11. The van der Waals surface area contributed by atoms with Crippen LogP contribution in [0.4, 0.5) is 5.69 Å². The van der Waals surface area contributed by atoms with Crippen molar-refractivity contribution >= 4 is 34.5 Å². The number of aromatic nitrogens is 1. The maximum absolute atomic E-state index is 4.69. The summed E-state index contributed by atoms with van der Waals surface area (Å²) in [4.78, 5) is 4.69. The smallest absolute Gasteiger partial charge is 0.0763 e. The fraction of sp³-hybridized carbons (Fsp3) is 0.261. The van der Waals surface area contributed by atoms with Crippen molar-refractivity contribution in [2.24, 2.45) is 4.99 Å². The van der Waals surface area contributed by atoms with Gasteiger partial charge in [-0.1, -0.05) is 45.0 Å². The van der Waals surface area contributed by atoms with Crippen LogP contribution in [0.5, 0.6) is 0 Å². The SMILES string of the molecule is Cc1cc(C=Nc2ccccc2I)c(C)n1-c1ccc(C(C)(C)C)cc1. The second-order valence-electron chi connectivity index (χ2n) is 7.67. The van der Waals surface area contributed by atoms with E-state index in [1.54, 1.807) is 0 Å². The highest BCUT2D eigenvalue weighted by atomic mass is 127. The highest BCUT2D eigenvalue weighted by Gasteiger charge is 2.14. The molecule has 3 heteroatoms. The molecule has 0 unspecified atom stereocenters. The van der Waals surface area contributed by atoms with Gasteiger partial charge in [-0.25, -0.2) is 0 Å². The zero-order chi connectivity index (χ0) is 18.9. The molecule has 0 spiro atoms. The zero-order valence-electron chi connectivity index (χ0n) is 16.0. The summed E-state index contributed by atoms with van der Waals surface area (Å²) in [6.45, 7) is 11.0. The Hall–Kier alpha value is -1.88. The van der Waals surface area contributed by atoms with Gasteiger partial charge in [0.15, 0.2) is 0 Å². The minimum Gasteiger partial charge on any atom is -0.318 e. The maximum atomic E-state index is 4.69. The number of para-hydroxylation sites is 1. The summed E-state index contributed by atoms with van der Waals surface area (Å²) in [5.74, 6) is 0. The van der Waals surface area contributed by atoms with Gasteiger partial charge in [0.25, 0.3) is 0 Å². The van der Waals surface area contributed by atoms with Gasteiger partial charge in [-0.3, -0.25) is 4.99 Å². The molecule has 0 N–H and O–H groups in total. The van der Waals surface area contributed by atoms with Crippen molar-refractivity contribution in [1.82, 2.24) is 4.57 Å². The van der Waals surface area contributed by atoms with Crippen molar-refractivity contribution < 1.29 is 0 Å². The van der Waals surface area contributed by atoms with E-state index in [4.69, 9.17) is 0 Å². The first-order chi connectivity index (χ1) is 12.3. The zero-order valence-corrected chi connectivity index (χ0v) is 18.2. The van der Waals surface area contributed by atoms with E-state index in [0.717, 1.165) is 14.8 Å². The predicted octanol–water partition coefficient (Wildman–Crippen LogP) is 6.75. The van der Waals surface area contributed by atoms with Crippen molar-refractivity contribution in [2.75, 3.05) is 0 Å². The fourth-order valence-electron chi connectivity index (χ4n) is 3.12. The van der Waals surface area contributed by atoms with E-state index >= 15 is 0 Å². The van der Waals surface area contributed by atoms with Crippen LogP contribution in [-0.4, -0.2) is 10.8 Å². The molecule has 1 heterocycles. The van der Waals surface area contributed by atoms with Crippen LogP contribution in [0.15, 0.2) is 59.6 Å². The molecule has 0 aliphatic carbocycles. The van der Waals surface area contributed by atoms with Gasteiger partial charge in [-0.15, -0.1) is 0 Å². The lowest BCUT2D eigenvalue weighted by atomic mass is 9.87. The number of aryl methyl sites for hydroxylation is 1. The number of halogens is 1. The molecule has 0 aliphatic heterocycles. The van der Waals surface area contributed by atoms with Crippen molar-refractivity contribution in [1.29, 1.82) is 0 Å². The maximum Gasteiger partial charge on any atom is 0.0763 e. The Bertz CT molecular complexity index is 941. The third-order valence-corrected chi connectivity index (χ3v) is 5.57. The molecule has 3 aromatic rings. The first kappa shape index (κ1) is 18.9. The van der Waals surface area contributed by atoms with E-state index in [2.05, 4.69) is 103 Å². The first-order valence-electron chi connectivity index (χ1n) is 8.86. The van der Waals surface area contributed by atoms with Gasteiger partial charge in [0.05, 0.1) is 5.69 Å². The number of hydrogen-bond acceptors (Lipinski definition) is 1. The largest absolute Gasteiger partial charge is 0.318 e. The number of hydrogen-bond donors (Lipinski definition) is 0. The van der Waals surface area contributed by atoms with E-state index in [0.29, 0.717) is 0 Å². The Labute approximate surface area is 170 Å². The van der Waals surface area contributed by atoms with Crippen LogP contribution in [0, 0.1) is 17.4 Å². The van der Waals surface area contributed by atoms with Crippen molar-refractivity contribution in [3.8, 4) is 5.69 Å². The molecule has 0 aliphatic rings. The molecule has 3 rings (SSSR count). The van der Waals surface area contributed by atoms with Crippen LogP contribution in [0.2, 0.25) is 0 Å². The topological polar surface area (TPSA) is 17.3 Å². The standard InChI is InChI=1S/C23H25IN2/c1-16-14-18(15-25-22-9-7-6-8-21(22)24)17(2)26(16)20-12-10-19(11-13-20)23(3,4)5/h6-15H,1-5H3. The molecule has 134 valence electrons. The molecule has 0 amide bonds. The summed E-state index contributed by atoms with van der Waals surface area (Å²) in [5.41, 5.74) is 7.31. The van der Waals surface area contributed by atoms with Gasteiger partial charge in [0, 0.05) is 32.4 Å². The predicted molar refractivity (Wildman–Crippen MR) is 120 cm³/mol. The Morgan fingerprint density at radius 3 is 2.23 bits per heavy atom. The molecule has 2 nitrogen and oxygen atoms in total. The van der Waals surface area contributed by atoms with Crippen LogP contribution in [0.1, 0.15) is 43.3 Å². The van der Waals surface area contributed by atoms with Gasteiger partial charge >= 0.3 is 0 Å². The molecular weight excluding hydrogens is 431 g/mol. The molecule has 0 atom stereocenters. The van der Waals surface area contributed by atoms with Gasteiger partial charge < -0.3 is 4.57 Å². The molecule has 0 saturated heterocycles. The average molecular weight is 456 g/mol. The highest BCUT2D eigenvalue weighted by molar-refractivity contribution is 14.1. The van der Waals surface area contributed by atoms with Crippen LogP contribution in [-0.2, 0) is 5.41 Å². The number of rotatable bonds is 3. The van der Waals surface area contributed by atoms with Gasteiger partial charge in [-0.05, 0) is 77.7 Å². The summed E-state index contributed by atoms with van der Waals surface area (Å²) >= 11 is 2.32. The summed E-state index contributed by atoms with van der Waals surface area (Å²) in [6, 6.07) is 19.3. The number of nitrogens with zero attached hydrogens (tertiary/aromatic N) is 2. The summed E-state index contributed by atoms with van der Waals surface area (Å²) in [5, 5.41) is 0. The Morgan fingerprint density at radius 1 is 0.962 bits per heavy atom. The molecule has 0 bridgehead atoms. The molecule has 1 aromatic heterocycles. The summed E-state index contributed by atoms with van der Waals surface area (Å²) in [7, 11) is 0. The van der Waals surface area contributed by atoms with Crippen LogP contribution in [0.25, 0.3) is 5.69 Å². The molecule has 0 saturated carbocycles. The Balaban J connectivity index is 1.95. The van der Waals surface area contributed by atoms with Crippen LogP contribution in [0.3, 0.4) is 0 Å². The highest BCUT2D eigenvalue weighted by Crippen LogP contribution is 2.26. The van der Waals surface area contributed by atoms with E-state index in [1.807, 2.05) is 24.4 Å². The Morgan fingerprint density at radius 2 is 1.62 bits per heavy atom. The molecule has 0 fully saturated rings. The molecular formula is C23H25IN2. The van der Waals surface area contributed by atoms with Crippen molar-refractivity contribution in [2.45, 2.75) is 40.0 Å². The van der Waals surface area contributed by atoms with E-state index in [-0.39, 0.29) is 5.41 Å². The van der Waals surface area contributed by atoms with Crippen molar-refractivity contribution in [3.63, 3.8) is 0 Å². The van der Waals surface area contributed by atoms with Crippen LogP contribution < -0.4 is 0 Å². The molecule has 2 aromatic carbocycles. The first-order valence-corrected chi connectivity index (χ1v) is 9.94. The number of benzene rings is 2. The van der Waals surface area contributed by atoms with Gasteiger partial charge in [0.1, 0.15) is 0 Å². The van der Waals surface area contributed by atoms with Crippen molar-refractivity contribution in [3.05, 3.63) is 80.7 Å². The quantitative estimate of drug-likeness (QED) is 0.307. The lowest BCUT2D eigenvalue weighted by molar-refractivity contribution is 0.590. The second-order valence-corrected chi connectivity index (χ2v) is 8.83. The van der Waals surface area contributed by atoms with E-state index in [9.17, 15) is 0 Å². The molecule has 26 heavy (non-hydrogen) atoms. The average Bonchev–Trinajstić information content (AvgIpc) is 2.87. The Kier molecular flexibility index (Phi) is 5.37. The summed E-state index contributed by atoms with van der Waals surface area (Å²) < 4.78 is 3.46. The third-order valence-electron chi connectivity index (χ3n) is 4.66. The second kappa shape index (κ2) is 7.39. The number of aliphatic imine (C=N–C) groups is 1. The fourth-order valence-corrected chi connectivity index (χ4v) is 3.65. The van der Waals surface area contributed by atoms with Gasteiger partial charge in [-0.2, -0.15) is 0 Å². The van der Waals surface area contributed by atoms with Crippen LogP contribution >= 0.6 is 22.6 Å². The van der Waals surface area contributed by atoms with E-state index < -0.39 is 0 Å². The monoisotopic (exact) mass is 456 g/mol. The molecule has 0 radical (unpaired) electrons. The van der Waals surface area contributed by atoms with E-state index in [1.165, 1.54) is 22.6 Å². The third kappa shape index (κ3) is 3.93. The summed E-state index contributed by atoms with van der Waals surface area (Å²) in [6.07, 6.45) is 1.97. The minimum absolute atomic E-state index is 0.171. The lowest BCUT2D eigenvalue weighted by Gasteiger charge is -2.20. The van der Waals surface area contributed by atoms with Gasteiger partial charge in [0.2, 0.25) is 0 Å². The minimum atomic E-state index is 0.171. The normalized spacial score (nSPS) is 12.1.